The molecule has 0 bridgehead atoms. The second kappa shape index (κ2) is 37.5. The van der Waals surface area contributed by atoms with Crippen molar-refractivity contribution in [1.82, 2.24) is 0 Å². The summed E-state index contributed by atoms with van der Waals surface area (Å²) in [6.45, 7) is 1.94. The van der Waals surface area contributed by atoms with E-state index in [4.69, 9.17) is 19.8 Å². The first-order valence-corrected chi connectivity index (χ1v) is 1.82. The second-order valence-electron chi connectivity index (χ2n) is 0.983. The van der Waals surface area contributed by atoms with Crippen molar-refractivity contribution in [2.24, 2.45) is 0 Å². The predicted octanol–water partition coefficient (Wildman–Crippen LogP) is -1.60. The predicted molar refractivity (Wildman–Crippen MR) is 30.3 cm³/mol. The standard InChI is InChI=1S/2C2H4O2.5Co.8H/c2*1-2(3)4;;;;;;;;;;;;;/h2*1H3,(H,3,4);;;;;;;;;;;;;/q;;5*+2;8*-1/p-2. The molecule has 13 heavy (non-hydrogen) atoms. The molecule has 99 valence electrons. The summed E-state index contributed by atoms with van der Waals surface area (Å²) in [5, 5.41) is 17.8. The molecule has 0 aromatic carbocycles. The second-order valence-corrected chi connectivity index (χ2v) is 0.983. The van der Waals surface area contributed by atoms with Crippen molar-refractivity contribution in [3.8, 4) is 0 Å². The Morgan fingerprint density at radius 2 is 0.769 bits per heavy atom. The third-order valence-electron chi connectivity index (χ3n) is 0. The Bertz CT molecular complexity index is 98.7. The van der Waals surface area contributed by atoms with Crippen molar-refractivity contribution in [2.45, 2.75) is 13.8 Å². The molecule has 0 unspecified atom stereocenters. The number of rotatable bonds is 0. The van der Waals surface area contributed by atoms with Crippen molar-refractivity contribution < 1.29 is 115 Å². The van der Waals surface area contributed by atoms with E-state index >= 15 is 0 Å². The molecule has 0 aliphatic carbocycles. The molecule has 5 radical (unpaired) electrons. The van der Waals surface area contributed by atoms with E-state index in [9.17, 15) is 0 Å². The van der Waals surface area contributed by atoms with Gasteiger partial charge in [-0.25, -0.2) is 0 Å². The number of carboxylic acids is 2. The largest absolute Gasteiger partial charge is 2.00 e. The van der Waals surface area contributed by atoms with Gasteiger partial charge in [0.25, 0.3) is 0 Å². The Morgan fingerprint density at radius 1 is 0.769 bits per heavy atom. The van der Waals surface area contributed by atoms with Crippen molar-refractivity contribution in [1.29, 1.82) is 0 Å². The van der Waals surface area contributed by atoms with Crippen molar-refractivity contribution in [2.75, 3.05) is 0 Å². The van der Waals surface area contributed by atoms with Gasteiger partial charge in [0, 0.05) is 11.9 Å². The summed E-state index contributed by atoms with van der Waals surface area (Å²) in [6.07, 6.45) is 0. The van der Waals surface area contributed by atoms with Crippen LogP contribution in [0.5, 0.6) is 0 Å². The Balaban J connectivity index is -0.00000000163. The van der Waals surface area contributed by atoms with Gasteiger partial charge in [0.1, 0.15) is 0 Å². The van der Waals surface area contributed by atoms with E-state index in [1.54, 1.807) is 0 Å². The van der Waals surface area contributed by atoms with Crippen LogP contribution in [-0.2, 0) is 93.5 Å². The maximum Gasteiger partial charge on any atom is 2.00 e. The Kier molecular flexibility index (Phi) is 136. The van der Waals surface area contributed by atoms with Crippen LogP contribution >= 0.6 is 0 Å². The van der Waals surface area contributed by atoms with Crippen molar-refractivity contribution >= 4 is 11.9 Å². The first-order chi connectivity index (χ1) is 3.46. The molecule has 0 amide bonds. The van der Waals surface area contributed by atoms with Gasteiger partial charge in [0.05, 0.1) is 0 Å². The zero-order valence-corrected chi connectivity index (χ0v) is 11.5. The third-order valence-corrected chi connectivity index (χ3v) is 0. The average molecular weight is 421 g/mol. The molecule has 0 heterocycles. The summed E-state index contributed by atoms with van der Waals surface area (Å²) < 4.78 is 0. The van der Waals surface area contributed by atoms with Gasteiger partial charge in [-0.3, -0.25) is 0 Å². The van der Waals surface area contributed by atoms with Crippen LogP contribution in [0.2, 0.25) is 0 Å². The third kappa shape index (κ3) is 818. The van der Waals surface area contributed by atoms with Crippen LogP contribution < -0.4 is 10.2 Å². The van der Waals surface area contributed by atoms with Crippen LogP contribution in [0.4, 0.5) is 0 Å². The topological polar surface area (TPSA) is 80.3 Å². The first kappa shape index (κ1) is 47.0. The monoisotopic (exact) mass is 421 g/mol. The fourth-order valence-electron chi connectivity index (χ4n) is 0. The van der Waals surface area contributed by atoms with Gasteiger partial charge in [0.15, 0.2) is 0 Å². The Hall–Kier alpha value is 1.47. The van der Waals surface area contributed by atoms with Crippen LogP contribution in [-0.4, -0.2) is 11.9 Å². The van der Waals surface area contributed by atoms with E-state index in [2.05, 4.69) is 0 Å². The number of aliphatic carboxylic acids is 2. The van der Waals surface area contributed by atoms with Crippen molar-refractivity contribution in [3.63, 3.8) is 0 Å². The molecule has 0 aliphatic rings. The quantitative estimate of drug-likeness (QED) is 0.473. The molecule has 0 aromatic heterocycles. The maximum atomic E-state index is 8.89. The molecule has 0 aliphatic heterocycles. The minimum atomic E-state index is -1.08. The molecule has 0 fully saturated rings. The van der Waals surface area contributed by atoms with Gasteiger partial charge >= 0.3 is 83.9 Å². The van der Waals surface area contributed by atoms with E-state index in [0.29, 0.717) is 0 Å². The van der Waals surface area contributed by atoms with Crippen LogP contribution in [0.25, 0.3) is 0 Å². The summed E-state index contributed by atoms with van der Waals surface area (Å²) in [4.78, 5) is 17.8. The SMILES string of the molecule is CC(=O)[O-].CC(=O)[O-].[Co+2].[Co+2].[Co+2].[Co+2].[Co+2].[H-].[H-].[H-].[H-].[H-].[H-].[H-].[H-]. The molecular weight excluding hydrogens is 407 g/mol. The van der Waals surface area contributed by atoms with Gasteiger partial charge < -0.3 is 31.2 Å². The molecule has 9 heteroatoms. The van der Waals surface area contributed by atoms with Crippen LogP contribution in [0.15, 0.2) is 0 Å². The normalized spacial score (nSPS) is 3.85. The summed E-state index contributed by atoms with van der Waals surface area (Å²) >= 11 is 0. The van der Waals surface area contributed by atoms with E-state index in [-0.39, 0.29) is 95.3 Å². The van der Waals surface area contributed by atoms with Crippen LogP contribution in [0.1, 0.15) is 25.3 Å². The van der Waals surface area contributed by atoms with Gasteiger partial charge in [-0.05, 0) is 13.8 Å². The van der Waals surface area contributed by atoms with Crippen LogP contribution in [0.3, 0.4) is 0 Å². The van der Waals surface area contributed by atoms with E-state index in [1.165, 1.54) is 0 Å². The number of hydrogen-bond donors (Lipinski definition) is 0. The number of hydrogen-bond acceptors (Lipinski definition) is 4. The van der Waals surface area contributed by atoms with Crippen LogP contribution in [0, 0.1) is 0 Å². The Labute approximate surface area is 140 Å². The van der Waals surface area contributed by atoms with Crippen molar-refractivity contribution in [3.05, 3.63) is 0 Å². The molecule has 0 aromatic rings. The van der Waals surface area contributed by atoms with Gasteiger partial charge in [-0.1, -0.05) is 0 Å². The molecule has 0 spiro atoms. The summed E-state index contributed by atoms with van der Waals surface area (Å²) in [6, 6.07) is 0. The molecule has 0 atom stereocenters. The summed E-state index contributed by atoms with van der Waals surface area (Å²) in [5.74, 6) is -2.17. The smallest absolute Gasteiger partial charge is 1.00 e. The average Bonchev–Trinajstić information content (AvgIpc) is 1.25. The maximum absolute atomic E-state index is 8.89. The van der Waals surface area contributed by atoms with E-state index in [0.717, 1.165) is 13.8 Å². The minimum Gasteiger partial charge on any atom is -1.00 e. The fourth-order valence-corrected chi connectivity index (χ4v) is 0. The summed E-state index contributed by atoms with van der Waals surface area (Å²) in [7, 11) is 0. The van der Waals surface area contributed by atoms with E-state index in [1.807, 2.05) is 0 Å². The summed E-state index contributed by atoms with van der Waals surface area (Å²) in [5.41, 5.74) is 0. The van der Waals surface area contributed by atoms with E-state index < -0.39 is 11.9 Å². The molecule has 0 saturated heterocycles. The molecule has 0 rings (SSSR count). The molecule has 0 saturated carbocycles. The zero-order valence-electron chi connectivity index (χ0n) is 14.3. The zero-order chi connectivity index (χ0) is 7.15. The first-order valence-electron chi connectivity index (χ1n) is 1.82. The molecule has 0 N–H and O–H groups in total. The number of carbonyl (C=O) groups is 2. The van der Waals surface area contributed by atoms with Gasteiger partial charge in [-0.2, -0.15) is 0 Å². The fraction of sp³-hybridized carbons (Fsp3) is 0.500. The number of carboxylic acid groups (broad SMARTS) is 2. The Morgan fingerprint density at radius 3 is 0.769 bits per heavy atom. The van der Waals surface area contributed by atoms with Gasteiger partial charge in [-0.15, -0.1) is 0 Å². The molecule has 4 nitrogen and oxygen atoms in total. The molecular formula is C4H14Co5O4. The number of carbonyl (C=O) groups excluding carboxylic acids is 2. The van der Waals surface area contributed by atoms with Gasteiger partial charge in [0.2, 0.25) is 0 Å². The minimum absolute atomic E-state index is 0.